The first-order chi connectivity index (χ1) is 8.15. The predicted molar refractivity (Wildman–Crippen MR) is 76.4 cm³/mol. The molecule has 0 saturated carbocycles. The number of aromatic nitrogens is 1. The first-order valence-electron chi connectivity index (χ1n) is 4.83. The molecule has 86 valence electrons. The number of nitrogens with zero attached hydrogens (tertiary/aromatic N) is 1. The monoisotopic (exact) mass is 358 g/mol. The number of hydrogen-bond acceptors (Lipinski definition) is 2. The van der Waals surface area contributed by atoms with Crippen LogP contribution in [-0.4, -0.2) is 10.9 Å². The lowest BCUT2D eigenvalue weighted by atomic mass is 10.2. The van der Waals surface area contributed by atoms with Crippen LogP contribution < -0.4 is 5.32 Å². The van der Waals surface area contributed by atoms with Gasteiger partial charge in [0.2, 0.25) is 0 Å². The van der Waals surface area contributed by atoms with E-state index in [1.165, 1.54) is 6.20 Å². The van der Waals surface area contributed by atoms with E-state index in [1.807, 2.05) is 18.2 Å². The van der Waals surface area contributed by atoms with Crippen LogP contribution in [0.25, 0.3) is 0 Å². The molecule has 17 heavy (non-hydrogen) atoms. The molecule has 2 aromatic rings. The molecule has 1 amide bonds. The summed E-state index contributed by atoms with van der Waals surface area (Å²) < 4.78 is 1.01. The van der Waals surface area contributed by atoms with Crippen molar-refractivity contribution in [3.8, 4) is 0 Å². The molecule has 0 atom stereocenters. The third-order valence-corrected chi connectivity index (χ3v) is 2.95. The average molecular weight is 359 g/mol. The molecule has 2 rings (SSSR count). The second-order valence-electron chi connectivity index (χ2n) is 3.33. The highest BCUT2D eigenvalue weighted by molar-refractivity contribution is 14.1. The van der Waals surface area contributed by atoms with Gasteiger partial charge in [0.15, 0.2) is 0 Å². The molecule has 5 heteroatoms. The van der Waals surface area contributed by atoms with Gasteiger partial charge in [-0.25, -0.2) is 4.98 Å². The fourth-order valence-corrected chi connectivity index (χ4v) is 1.92. The van der Waals surface area contributed by atoms with E-state index >= 15 is 0 Å². The molecule has 1 heterocycles. The van der Waals surface area contributed by atoms with Crippen molar-refractivity contribution in [2.24, 2.45) is 0 Å². The van der Waals surface area contributed by atoms with Gasteiger partial charge in [0.05, 0.1) is 5.02 Å². The Labute approximate surface area is 117 Å². The van der Waals surface area contributed by atoms with Crippen LogP contribution in [0.1, 0.15) is 10.4 Å². The summed E-state index contributed by atoms with van der Waals surface area (Å²) in [6, 6.07) is 10.7. The van der Waals surface area contributed by atoms with E-state index in [9.17, 15) is 4.79 Å². The van der Waals surface area contributed by atoms with Crippen molar-refractivity contribution in [1.29, 1.82) is 0 Å². The van der Waals surface area contributed by atoms with Crippen molar-refractivity contribution in [2.45, 2.75) is 0 Å². The van der Waals surface area contributed by atoms with Crippen molar-refractivity contribution in [3.05, 3.63) is 56.8 Å². The van der Waals surface area contributed by atoms with Gasteiger partial charge < -0.3 is 5.32 Å². The number of hydrogen-bond donors (Lipinski definition) is 1. The molecule has 1 aromatic carbocycles. The maximum Gasteiger partial charge on any atom is 0.256 e. The number of nitrogens with one attached hydrogen (secondary N) is 1. The van der Waals surface area contributed by atoms with Gasteiger partial charge >= 0.3 is 0 Å². The van der Waals surface area contributed by atoms with Crippen LogP contribution >= 0.6 is 34.2 Å². The SMILES string of the molecule is O=C(Nc1ccc(Cl)cn1)c1cccc(I)c1. The molecule has 0 aliphatic rings. The van der Waals surface area contributed by atoms with Gasteiger partial charge in [0, 0.05) is 15.3 Å². The van der Waals surface area contributed by atoms with E-state index in [0.717, 1.165) is 3.57 Å². The molecule has 0 bridgehead atoms. The van der Waals surface area contributed by atoms with Crippen molar-refractivity contribution < 1.29 is 4.79 Å². The minimum atomic E-state index is -0.182. The number of rotatable bonds is 2. The second-order valence-corrected chi connectivity index (χ2v) is 5.01. The molecule has 0 fully saturated rings. The molecule has 0 saturated heterocycles. The fraction of sp³-hybridized carbons (Fsp3) is 0. The van der Waals surface area contributed by atoms with Crippen LogP contribution in [0.15, 0.2) is 42.6 Å². The van der Waals surface area contributed by atoms with Crippen molar-refractivity contribution in [3.63, 3.8) is 0 Å². The normalized spacial score (nSPS) is 10.0. The quantitative estimate of drug-likeness (QED) is 0.834. The van der Waals surface area contributed by atoms with Gasteiger partial charge in [-0.05, 0) is 52.9 Å². The second kappa shape index (κ2) is 5.46. The van der Waals surface area contributed by atoms with E-state index in [-0.39, 0.29) is 5.91 Å². The van der Waals surface area contributed by atoms with E-state index < -0.39 is 0 Å². The highest BCUT2D eigenvalue weighted by Gasteiger charge is 2.06. The summed E-state index contributed by atoms with van der Waals surface area (Å²) in [5, 5.41) is 3.24. The van der Waals surface area contributed by atoms with Gasteiger partial charge in [-0.2, -0.15) is 0 Å². The number of halogens is 2. The van der Waals surface area contributed by atoms with Crippen molar-refractivity contribution in [2.75, 3.05) is 5.32 Å². The zero-order valence-corrected chi connectivity index (χ0v) is 11.6. The molecular weight excluding hydrogens is 351 g/mol. The summed E-state index contributed by atoms with van der Waals surface area (Å²) in [6.07, 6.45) is 1.49. The van der Waals surface area contributed by atoms with Crippen molar-refractivity contribution in [1.82, 2.24) is 4.98 Å². The highest BCUT2D eigenvalue weighted by Crippen LogP contribution is 2.12. The Balaban J connectivity index is 2.14. The summed E-state index contributed by atoms with van der Waals surface area (Å²) in [5.74, 6) is 0.302. The van der Waals surface area contributed by atoms with Crippen LogP contribution in [0.2, 0.25) is 5.02 Å². The van der Waals surface area contributed by atoms with Gasteiger partial charge in [0.25, 0.3) is 5.91 Å². The maximum atomic E-state index is 11.9. The molecule has 0 spiro atoms. The Morgan fingerprint density at radius 1 is 1.29 bits per heavy atom. The first-order valence-corrected chi connectivity index (χ1v) is 6.29. The molecule has 1 N–H and O–H groups in total. The lowest BCUT2D eigenvalue weighted by molar-refractivity contribution is 0.102. The van der Waals surface area contributed by atoms with Crippen LogP contribution in [0.3, 0.4) is 0 Å². The standard InChI is InChI=1S/C12H8ClIN2O/c13-9-4-5-11(15-7-9)16-12(17)8-2-1-3-10(14)6-8/h1-7H,(H,15,16,17). The number of benzene rings is 1. The molecule has 0 radical (unpaired) electrons. The molecular formula is C12H8ClIN2O. The Kier molecular flexibility index (Phi) is 3.96. The van der Waals surface area contributed by atoms with Crippen LogP contribution in [-0.2, 0) is 0 Å². The largest absolute Gasteiger partial charge is 0.307 e. The minimum absolute atomic E-state index is 0.182. The van der Waals surface area contributed by atoms with Crippen LogP contribution in [0.5, 0.6) is 0 Å². The molecule has 0 aliphatic heterocycles. The number of carbonyl (C=O) groups excluding carboxylic acids is 1. The zero-order chi connectivity index (χ0) is 12.3. The number of anilines is 1. The maximum absolute atomic E-state index is 11.9. The zero-order valence-electron chi connectivity index (χ0n) is 8.65. The fourth-order valence-electron chi connectivity index (χ4n) is 1.27. The van der Waals surface area contributed by atoms with Gasteiger partial charge in [0.1, 0.15) is 5.82 Å². The lowest BCUT2D eigenvalue weighted by Crippen LogP contribution is -2.12. The Bertz CT molecular complexity index is 542. The Morgan fingerprint density at radius 3 is 2.76 bits per heavy atom. The minimum Gasteiger partial charge on any atom is -0.307 e. The highest BCUT2D eigenvalue weighted by atomic mass is 127. The summed E-state index contributed by atoms with van der Waals surface area (Å²) in [7, 11) is 0. The van der Waals surface area contributed by atoms with Crippen molar-refractivity contribution >= 4 is 45.9 Å². The molecule has 0 unspecified atom stereocenters. The lowest BCUT2D eigenvalue weighted by Gasteiger charge is -2.04. The summed E-state index contributed by atoms with van der Waals surface area (Å²) >= 11 is 7.87. The third kappa shape index (κ3) is 3.41. The van der Waals surface area contributed by atoms with Crippen LogP contribution in [0.4, 0.5) is 5.82 Å². The van der Waals surface area contributed by atoms with Gasteiger partial charge in [-0.15, -0.1) is 0 Å². The summed E-state index contributed by atoms with van der Waals surface area (Å²) in [5.41, 5.74) is 0.605. The summed E-state index contributed by atoms with van der Waals surface area (Å²) in [6.45, 7) is 0. The number of amides is 1. The van der Waals surface area contributed by atoms with E-state index in [4.69, 9.17) is 11.6 Å². The van der Waals surface area contributed by atoms with E-state index in [2.05, 4.69) is 32.9 Å². The predicted octanol–water partition coefficient (Wildman–Crippen LogP) is 3.59. The topological polar surface area (TPSA) is 42.0 Å². The molecule has 1 aromatic heterocycles. The van der Waals surface area contributed by atoms with Gasteiger partial charge in [-0.1, -0.05) is 17.7 Å². The molecule has 0 aliphatic carbocycles. The third-order valence-electron chi connectivity index (χ3n) is 2.06. The van der Waals surface area contributed by atoms with E-state index in [1.54, 1.807) is 18.2 Å². The Morgan fingerprint density at radius 2 is 2.12 bits per heavy atom. The van der Waals surface area contributed by atoms with Crippen LogP contribution in [0, 0.1) is 3.57 Å². The Hall–Kier alpha value is -1.14. The molecule has 3 nitrogen and oxygen atoms in total. The number of carbonyl (C=O) groups is 1. The summed E-state index contributed by atoms with van der Waals surface area (Å²) in [4.78, 5) is 15.9. The van der Waals surface area contributed by atoms with Gasteiger partial charge in [-0.3, -0.25) is 4.79 Å². The first kappa shape index (κ1) is 12.3. The smallest absolute Gasteiger partial charge is 0.256 e. The van der Waals surface area contributed by atoms with E-state index in [0.29, 0.717) is 16.4 Å². The number of pyridine rings is 1. The average Bonchev–Trinajstić information content (AvgIpc) is 2.32.